The van der Waals surface area contributed by atoms with Crippen molar-refractivity contribution in [3.8, 4) is 0 Å². The average Bonchev–Trinajstić information content (AvgIpc) is 2.39. The standard InChI is InChI=1S/C15H12O4/c16-14(17)12-7-3-1-5-10(12)9-11-6-2-4-8-13(11)15(18)19/h1-8H,9H2,(H,16,17)(H,18,19). The third-order valence-electron chi connectivity index (χ3n) is 2.88. The molecule has 0 aliphatic carbocycles. The van der Waals surface area contributed by atoms with E-state index in [9.17, 15) is 9.59 Å². The van der Waals surface area contributed by atoms with Gasteiger partial charge in [0.05, 0.1) is 11.1 Å². The molecule has 4 heteroatoms. The molecular formula is C15H12O4. The topological polar surface area (TPSA) is 74.6 Å². The number of rotatable bonds is 4. The van der Waals surface area contributed by atoms with Gasteiger partial charge in [-0.05, 0) is 29.7 Å². The second-order valence-corrected chi connectivity index (χ2v) is 4.10. The lowest BCUT2D eigenvalue weighted by Gasteiger charge is -2.08. The molecule has 0 aliphatic rings. The van der Waals surface area contributed by atoms with Crippen molar-refractivity contribution in [2.75, 3.05) is 0 Å². The number of carbonyl (C=O) groups is 2. The molecule has 0 aliphatic heterocycles. The fraction of sp³-hybridized carbons (Fsp3) is 0.0667. The first kappa shape index (κ1) is 12.8. The van der Waals surface area contributed by atoms with Crippen LogP contribution in [0.2, 0.25) is 0 Å². The molecule has 0 saturated carbocycles. The Morgan fingerprint density at radius 3 is 1.47 bits per heavy atom. The molecule has 2 rings (SSSR count). The quantitative estimate of drug-likeness (QED) is 0.881. The van der Waals surface area contributed by atoms with Crippen LogP contribution in [0.4, 0.5) is 0 Å². The molecule has 0 atom stereocenters. The first-order chi connectivity index (χ1) is 9.09. The lowest BCUT2D eigenvalue weighted by Crippen LogP contribution is -2.06. The van der Waals surface area contributed by atoms with Gasteiger partial charge in [0, 0.05) is 0 Å². The van der Waals surface area contributed by atoms with Crippen molar-refractivity contribution in [2.45, 2.75) is 6.42 Å². The second-order valence-electron chi connectivity index (χ2n) is 4.10. The van der Waals surface area contributed by atoms with Crippen LogP contribution in [-0.2, 0) is 6.42 Å². The Morgan fingerprint density at radius 2 is 1.11 bits per heavy atom. The first-order valence-corrected chi connectivity index (χ1v) is 5.72. The van der Waals surface area contributed by atoms with E-state index in [1.807, 2.05) is 0 Å². The molecule has 0 saturated heterocycles. The van der Waals surface area contributed by atoms with Crippen LogP contribution in [0.25, 0.3) is 0 Å². The zero-order valence-corrected chi connectivity index (χ0v) is 10.0. The second kappa shape index (κ2) is 5.35. The molecule has 4 nitrogen and oxygen atoms in total. The predicted octanol–water partition coefficient (Wildman–Crippen LogP) is 2.67. The van der Waals surface area contributed by atoms with Gasteiger partial charge >= 0.3 is 11.9 Å². The van der Waals surface area contributed by atoms with Gasteiger partial charge in [-0.3, -0.25) is 0 Å². The summed E-state index contributed by atoms with van der Waals surface area (Å²) in [7, 11) is 0. The Balaban J connectivity index is 2.42. The first-order valence-electron chi connectivity index (χ1n) is 5.72. The SMILES string of the molecule is O=C(O)c1ccccc1Cc1ccccc1C(=O)O. The van der Waals surface area contributed by atoms with Gasteiger partial charge in [0.2, 0.25) is 0 Å². The van der Waals surface area contributed by atoms with Crippen molar-refractivity contribution < 1.29 is 19.8 Å². The molecule has 2 aromatic carbocycles. The van der Waals surface area contributed by atoms with Gasteiger partial charge in [-0.25, -0.2) is 9.59 Å². The van der Waals surface area contributed by atoms with E-state index in [4.69, 9.17) is 10.2 Å². The van der Waals surface area contributed by atoms with E-state index in [0.717, 1.165) is 0 Å². The summed E-state index contributed by atoms with van der Waals surface area (Å²) in [5.74, 6) is -2.02. The molecule has 2 aromatic rings. The molecule has 0 spiro atoms. The molecule has 0 radical (unpaired) electrons. The molecule has 0 unspecified atom stereocenters. The molecule has 0 heterocycles. The number of carboxylic acids is 2. The molecule has 0 bridgehead atoms. The van der Waals surface area contributed by atoms with Gasteiger partial charge in [0.1, 0.15) is 0 Å². The van der Waals surface area contributed by atoms with E-state index in [1.54, 1.807) is 36.4 Å². The van der Waals surface area contributed by atoms with Crippen LogP contribution in [-0.4, -0.2) is 22.2 Å². The van der Waals surface area contributed by atoms with Gasteiger partial charge in [0.15, 0.2) is 0 Å². The highest BCUT2D eigenvalue weighted by Crippen LogP contribution is 2.17. The molecular weight excluding hydrogens is 244 g/mol. The van der Waals surface area contributed by atoms with Crippen LogP contribution in [0, 0.1) is 0 Å². The number of carboxylic acid groups (broad SMARTS) is 2. The van der Waals surface area contributed by atoms with Crippen LogP contribution in [0.5, 0.6) is 0 Å². The minimum Gasteiger partial charge on any atom is -0.478 e. The summed E-state index contributed by atoms with van der Waals surface area (Å²) in [4.78, 5) is 22.2. The third kappa shape index (κ3) is 2.80. The third-order valence-corrected chi connectivity index (χ3v) is 2.88. The van der Waals surface area contributed by atoms with Crippen LogP contribution in [0.3, 0.4) is 0 Å². The fourth-order valence-electron chi connectivity index (χ4n) is 1.97. The Bertz CT molecular complexity index is 576. The van der Waals surface area contributed by atoms with Crippen LogP contribution in [0.15, 0.2) is 48.5 Å². The van der Waals surface area contributed by atoms with Gasteiger partial charge in [-0.1, -0.05) is 36.4 Å². The molecule has 19 heavy (non-hydrogen) atoms. The van der Waals surface area contributed by atoms with Gasteiger partial charge in [-0.15, -0.1) is 0 Å². The van der Waals surface area contributed by atoms with E-state index in [-0.39, 0.29) is 17.5 Å². The van der Waals surface area contributed by atoms with E-state index in [0.29, 0.717) is 11.1 Å². The summed E-state index contributed by atoms with van der Waals surface area (Å²) in [6, 6.07) is 13.2. The highest BCUT2D eigenvalue weighted by molar-refractivity contribution is 5.91. The van der Waals surface area contributed by atoms with Crippen molar-refractivity contribution >= 4 is 11.9 Å². The monoisotopic (exact) mass is 256 g/mol. The maximum atomic E-state index is 11.1. The Hall–Kier alpha value is -2.62. The van der Waals surface area contributed by atoms with Crippen molar-refractivity contribution in [2.24, 2.45) is 0 Å². The van der Waals surface area contributed by atoms with Crippen molar-refractivity contribution in [1.29, 1.82) is 0 Å². The van der Waals surface area contributed by atoms with Crippen molar-refractivity contribution in [3.63, 3.8) is 0 Å². The molecule has 0 aromatic heterocycles. The minimum atomic E-state index is -1.01. The number of hydrogen-bond donors (Lipinski definition) is 2. The summed E-state index contributed by atoms with van der Waals surface area (Å²) in [5, 5.41) is 18.2. The smallest absolute Gasteiger partial charge is 0.335 e. The van der Waals surface area contributed by atoms with E-state index in [2.05, 4.69) is 0 Å². The zero-order chi connectivity index (χ0) is 13.8. The predicted molar refractivity (Wildman–Crippen MR) is 69.6 cm³/mol. The summed E-state index contributed by atoms with van der Waals surface area (Å²) in [5.41, 5.74) is 1.60. The lowest BCUT2D eigenvalue weighted by molar-refractivity contribution is 0.0686. The largest absolute Gasteiger partial charge is 0.478 e. The summed E-state index contributed by atoms with van der Waals surface area (Å²) in [6.45, 7) is 0. The molecule has 0 fully saturated rings. The summed E-state index contributed by atoms with van der Waals surface area (Å²) >= 11 is 0. The Kier molecular flexibility index (Phi) is 3.61. The summed E-state index contributed by atoms with van der Waals surface area (Å²) < 4.78 is 0. The number of benzene rings is 2. The Labute approximate surface area is 109 Å². The number of hydrogen-bond acceptors (Lipinski definition) is 2. The molecule has 0 amide bonds. The van der Waals surface area contributed by atoms with E-state index >= 15 is 0 Å². The van der Waals surface area contributed by atoms with E-state index < -0.39 is 11.9 Å². The van der Waals surface area contributed by atoms with Crippen molar-refractivity contribution in [1.82, 2.24) is 0 Å². The van der Waals surface area contributed by atoms with Crippen molar-refractivity contribution in [3.05, 3.63) is 70.8 Å². The zero-order valence-electron chi connectivity index (χ0n) is 10.0. The van der Waals surface area contributed by atoms with Crippen LogP contribution >= 0.6 is 0 Å². The van der Waals surface area contributed by atoms with Crippen LogP contribution < -0.4 is 0 Å². The van der Waals surface area contributed by atoms with Gasteiger partial charge < -0.3 is 10.2 Å². The normalized spacial score (nSPS) is 10.1. The lowest BCUT2D eigenvalue weighted by atomic mass is 9.96. The fourth-order valence-corrected chi connectivity index (χ4v) is 1.97. The Morgan fingerprint density at radius 1 is 0.737 bits per heavy atom. The highest BCUT2D eigenvalue weighted by atomic mass is 16.4. The minimum absolute atomic E-state index is 0.197. The van der Waals surface area contributed by atoms with E-state index in [1.165, 1.54) is 12.1 Å². The maximum Gasteiger partial charge on any atom is 0.335 e. The van der Waals surface area contributed by atoms with Gasteiger partial charge in [0.25, 0.3) is 0 Å². The highest BCUT2D eigenvalue weighted by Gasteiger charge is 2.13. The number of aromatic carboxylic acids is 2. The maximum absolute atomic E-state index is 11.1. The average molecular weight is 256 g/mol. The van der Waals surface area contributed by atoms with Crippen LogP contribution in [0.1, 0.15) is 31.8 Å². The molecule has 96 valence electrons. The summed E-state index contributed by atoms with van der Waals surface area (Å²) in [6.07, 6.45) is 0.283. The molecule has 2 N–H and O–H groups in total. The van der Waals surface area contributed by atoms with Gasteiger partial charge in [-0.2, -0.15) is 0 Å².